The van der Waals surface area contributed by atoms with Crippen molar-refractivity contribution in [2.75, 3.05) is 0 Å². The first kappa shape index (κ1) is 15.3. The normalized spacial score (nSPS) is 14.8. The highest BCUT2D eigenvalue weighted by Crippen LogP contribution is 2.28. The van der Waals surface area contributed by atoms with Gasteiger partial charge in [0.2, 0.25) is 0 Å². The van der Waals surface area contributed by atoms with Crippen molar-refractivity contribution in [1.82, 2.24) is 9.55 Å². The van der Waals surface area contributed by atoms with Gasteiger partial charge >= 0.3 is 5.97 Å². The van der Waals surface area contributed by atoms with Crippen LogP contribution in [0, 0.1) is 6.92 Å². The summed E-state index contributed by atoms with van der Waals surface area (Å²) >= 11 is 0. The lowest BCUT2D eigenvalue weighted by Crippen LogP contribution is -2.21. The van der Waals surface area contributed by atoms with Crippen LogP contribution in [0.1, 0.15) is 33.7 Å². The average Bonchev–Trinajstić information content (AvgIpc) is 3.00. The van der Waals surface area contributed by atoms with Gasteiger partial charge in [0.05, 0.1) is 16.5 Å². The number of carboxylic acid groups (broad SMARTS) is 1. The van der Waals surface area contributed by atoms with Crippen molar-refractivity contribution in [2.24, 2.45) is 0 Å². The minimum Gasteiger partial charge on any atom is -0.478 e. The summed E-state index contributed by atoms with van der Waals surface area (Å²) in [4.78, 5) is 28.5. The summed E-state index contributed by atoms with van der Waals surface area (Å²) in [6.45, 7) is 2.64. The largest absolute Gasteiger partial charge is 0.478 e. The first-order valence-corrected chi connectivity index (χ1v) is 8.09. The van der Waals surface area contributed by atoms with E-state index in [1.165, 1.54) is 12.1 Å². The van der Waals surface area contributed by atoms with E-state index in [9.17, 15) is 9.59 Å². The zero-order valence-corrected chi connectivity index (χ0v) is 13.7. The van der Waals surface area contributed by atoms with Crippen molar-refractivity contribution in [2.45, 2.75) is 19.9 Å². The highest BCUT2D eigenvalue weighted by Gasteiger charge is 2.21. The summed E-state index contributed by atoms with van der Waals surface area (Å²) in [6.07, 6.45) is 2.80. The van der Waals surface area contributed by atoms with Crippen molar-refractivity contribution in [3.8, 4) is 0 Å². The van der Waals surface area contributed by atoms with Crippen molar-refractivity contribution in [1.29, 1.82) is 0 Å². The minimum atomic E-state index is -1.03. The molecule has 5 heteroatoms. The number of fused-ring (bicyclic) bond motifs is 2. The first-order valence-electron chi connectivity index (χ1n) is 8.09. The van der Waals surface area contributed by atoms with Crippen molar-refractivity contribution in [3.05, 3.63) is 75.3 Å². The van der Waals surface area contributed by atoms with Gasteiger partial charge in [-0.25, -0.2) is 9.78 Å². The molecule has 2 aromatic carbocycles. The SMILES string of the molecule is Cc1ccccc1/C=C1/CCn2c1nc1cc(C(=O)O)ccc1c2=O. The van der Waals surface area contributed by atoms with Crippen molar-refractivity contribution >= 4 is 28.5 Å². The van der Waals surface area contributed by atoms with E-state index < -0.39 is 5.97 Å². The van der Waals surface area contributed by atoms with Crippen LogP contribution in [0.15, 0.2) is 47.3 Å². The van der Waals surface area contributed by atoms with Gasteiger partial charge in [0.25, 0.3) is 5.56 Å². The molecule has 0 spiro atoms. The molecule has 5 nitrogen and oxygen atoms in total. The molecule has 0 atom stereocenters. The molecule has 4 rings (SSSR count). The molecule has 1 aliphatic heterocycles. The summed E-state index contributed by atoms with van der Waals surface area (Å²) in [5, 5.41) is 9.61. The summed E-state index contributed by atoms with van der Waals surface area (Å²) < 4.78 is 1.67. The standard InChI is InChI=1S/C20H16N2O3/c1-12-4-2-3-5-13(12)10-14-8-9-22-18(14)21-17-11-15(20(24)25)6-7-16(17)19(22)23/h2-7,10-11H,8-9H2,1H3,(H,24,25)/b14-10-. The van der Waals surface area contributed by atoms with E-state index in [0.29, 0.717) is 23.3 Å². The van der Waals surface area contributed by atoms with Gasteiger partial charge in [-0.3, -0.25) is 9.36 Å². The predicted octanol–water partition coefficient (Wildman–Crippen LogP) is 3.35. The third-order valence-electron chi connectivity index (χ3n) is 4.61. The number of allylic oxidation sites excluding steroid dienone is 1. The number of carboxylic acids is 1. The molecular formula is C20H16N2O3. The van der Waals surface area contributed by atoms with Crippen LogP contribution in [0.25, 0.3) is 22.6 Å². The van der Waals surface area contributed by atoms with E-state index in [1.807, 2.05) is 31.2 Å². The van der Waals surface area contributed by atoms with E-state index in [1.54, 1.807) is 10.6 Å². The average molecular weight is 332 g/mol. The Balaban J connectivity index is 1.92. The maximum absolute atomic E-state index is 12.7. The van der Waals surface area contributed by atoms with Gasteiger partial charge < -0.3 is 5.11 Å². The Labute approximate surface area is 143 Å². The second kappa shape index (κ2) is 5.70. The van der Waals surface area contributed by atoms with Gasteiger partial charge in [-0.2, -0.15) is 0 Å². The van der Waals surface area contributed by atoms with Crippen LogP contribution < -0.4 is 5.56 Å². The number of aryl methyl sites for hydroxylation is 1. The molecule has 2 heterocycles. The Morgan fingerprint density at radius 1 is 1.24 bits per heavy atom. The highest BCUT2D eigenvalue weighted by molar-refractivity contribution is 5.93. The van der Waals surface area contributed by atoms with Gasteiger partial charge in [0.1, 0.15) is 5.82 Å². The Morgan fingerprint density at radius 2 is 2.04 bits per heavy atom. The van der Waals surface area contributed by atoms with E-state index in [4.69, 9.17) is 5.11 Å². The minimum absolute atomic E-state index is 0.120. The molecule has 0 amide bonds. The molecule has 124 valence electrons. The van der Waals surface area contributed by atoms with Crippen LogP contribution >= 0.6 is 0 Å². The van der Waals surface area contributed by atoms with Crippen molar-refractivity contribution < 1.29 is 9.90 Å². The van der Waals surface area contributed by atoms with Crippen LogP contribution in [0.2, 0.25) is 0 Å². The van der Waals surface area contributed by atoms with Gasteiger partial charge in [0.15, 0.2) is 0 Å². The highest BCUT2D eigenvalue weighted by atomic mass is 16.4. The number of nitrogens with zero attached hydrogens (tertiary/aromatic N) is 2. The van der Waals surface area contributed by atoms with Gasteiger partial charge in [-0.1, -0.05) is 24.3 Å². The zero-order valence-electron chi connectivity index (χ0n) is 13.7. The molecule has 0 fully saturated rings. The third kappa shape index (κ3) is 2.54. The Hall–Kier alpha value is -3.21. The van der Waals surface area contributed by atoms with Gasteiger partial charge in [0, 0.05) is 6.54 Å². The number of benzene rings is 2. The molecule has 0 aliphatic carbocycles. The molecule has 0 bridgehead atoms. The molecule has 0 radical (unpaired) electrons. The fraction of sp³-hybridized carbons (Fsp3) is 0.150. The molecule has 0 saturated carbocycles. The van der Waals surface area contributed by atoms with Crippen LogP contribution in [0.4, 0.5) is 0 Å². The van der Waals surface area contributed by atoms with Crippen LogP contribution in [-0.4, -0.2) is 20.6 Å². The van der Waals surface area contributed by atoms with Crippen LogP contribution in [0.3, 0.4) is 0 Å². The quantitative estimate of drug-likeness (QED) is 0.781. The monoisotopic (exact) mass is 332 g/mol. The zero-order chi connectivity index (χ0) is 17.6. The Morgan fingerprint density at radius 3 is 2.80 bits per heavy atom. The summed E-state index contributed by atoms with van der Waals surface area (Å²) in [6, 6.07) is 12.5. The van der Waals surface area contributed by atoms with Crippen LogP contribution in [-0.2, 0) is 6.54 Å². The van der Waals surface area contributed by atoms with Gasteiger partial charge in [-0.05, 0) is 54.3 Å². The number of hydrogen-bond donors (Lipinski definition) is 1. The lowest BCUT2D eigenvalue weighted by molar-refractivity contribution is 0.0697. The third-order valence-corrected chi connectivity index (χ3v) is 4.61. The molecule has 1 aliphatic rings. The Kier molecular flexibility index (Phi) is 3.50. The van der Waals surface area contributed by atoms with E-state index >= 15 is 0 Å². The maximum atomic E-state index is 12.7. The number of hydrogen-bond acceptors (Lipinski definition) is 3. The first-order chi connectivity index (χ1) is 12.0. The predicted molar refractivity (Wildman–Crippen MR) is 96.6 cm³/mol. The van der Waals surface area contributed by atoms with E-state index in [2.05, 4.69) is 11.1 Å². The molecule has 1 aromatic heterocycles. The van der Waals surface area contributed by atoms with E-state index in [0.717, 1.165) is 23.1 Å². The van der Waals surface area contributed by atoms with Gasteiger partial charge in [-0.15, -0.1) is 0 Å². The molecule has 3 aromatic rings. The number of aromatic carboxylic acids is 1. The van der Waals surface area contributed by atoms with Crippen LogP contribution in [0.5, 0.6) is 0 Å². The molecular weight excluding hydrogens is 316 g/mol. The smallest absolute Gasteiger partial charge is 0.335 e. The molecule has 0 saturated heterocycles. The fourth-order valence-corrected chi connectivity index (χ4v) is 3.22. The number of aromatic nitrogens is 2. The summed E-state index contributed by atoms with van der Waals surface area (Å²) in [5.74, 6) is -0.400. The lowest BCUT2D eigenvalue weighted by atomic mass is 10.0. The molecule has 1 N–H and O–H groups in total. The number of carbonyl (C=O) groups is 1. The summed E-state index contributed by atoms with van der Waals surface area (Å²) in [7, 11) is 0. The molecule has 25 heavy (non-hydrogen) atoms. The lowest BCUT2D eigenvalue weighted by Gasteiger charge is -2.07. The van der Waals surface area contributed by atoms with E-state index in [-0.39, 0.29) is 11.1 Å². The molecule has 0 unspecified atom stereocenters. The number of rotatable bonds is 2. The summed E-state index contributed by atoms with van der Waals surface area (Å²) in [5.41, 5.74) is 3.68. The second-order valence-electron chi connectivity index (χ2n) is 6.21. The van der Waals surface area contributed by atoms with Crippen molar-refractivity contribution in [3.63, 3.8) is 0 Å². The topological polar surface area (TPSA) is 72.2 Å². The fourth-order valence-electron chi connectivity index (χ4n) is 3.22. The Bertz CT molecular complexity index is 1110. The second-order valence-corrected chi connectivity index (χ2v) is 6.21. The maximum Gasteiger partial charge on any atom is 0.335 e.